The van der Waals surface area contributed by atoms with E-state index in [-0.39, 0.29) is 24.2 Å². The Kier molecular flexibility index (Phi) is 6.79. The zero-order chi connectivity index (χ0) is 19.2. The maximum atomic E-state index is 12.9. The van der Waals surface area contributed by atoms with Crippen LogP contribution in [0.5, 0.6) is 0 Å². The molecule has 2 amide bonds. The van der Waals surface area contributed by atoms with E-state index >= 15 is 0 Å². The average molecular weight is 376 g/mol. The van der Waals surface area contributed by atoms with E-state index in [1.165, 1.54) is 25.0 Å². The highest BCUT2D eigenvalue weighted by Gasteiger charge is 2.25. The number of benzene rings is 1. The van der Waals surface area contributed by atoms with Gasteiger partial charge in [0, 0.05) is 31.9 Å². The summed E-state index contributed by atoms with van der Waals surface area (Å²) in [6, 6.07) is 5.74. The minimum atomic E-state index is -0.326. The Labute approximate surface area is 160 Å². The highest BCUT2D eigenvalue weighted by molar-refractivity contribution is 5.92. The lowest BCUT2D eigenvalue weighted by Crippen LogP contribution is -2.53. The molecule has 0 radical (unpaired) electrons. The molecule has 0 aromatic heterocycles. The molecule has 2 saturated heterocycles. The molecule has 0 bridgehead atoms. The van der Waals surface area contributed by atoms with Crippen molar-refractivity contribution in [3.8, 4) is 0 Å². The molecule has 1 aromatic carbocycles. The maximum Gasteiger partial charge on any atom is 0.238 e. The summed E-state index contributed by atoms with van der Waals surface area (Å²) in [4.78, 5) is 30.8. The van der Waals surface area contributed by atoms with Crippen molar-refractivity contribution >= 4 is 17.5 Å². The molecule has 7 heteroatoms. The maximum absolute atomic E-state index is 12.9. The predicted molar refractivity (Wildman–Crippen MR) is 103 cm³/mol. The van der Waals surface area contributed by atoms with Gasteiger partial charge in [-0.3, -0.25) is 19.4 Å². The van der Waals surface area contributed by atoms with Crippen molar-refractivity contribution in [2.75, 3.05) is 57.7 Å². The third-order valence-corrected chi connectivity index (χ3v) is 5.46. The van der Waals surface area contributed by atoms with Crippen LogP contribution in [0.1, 0.15) is 19.8 Å². The summed E-state index contributed by atoms with van der Waals surface area (Å²) in [5.74, 6) is 0.512. The van der Waals surface area contributed by atoms with Crippen molar-refractivity contribution < 1.29 is 14.0 Å². The quantitative estimate of drug-likeness (QED) is 0.849. The van der Waals surface area contributed by atoms with Crippen LogP contribution in [0.15, 0.2) is 24.3 Å². The summed E-state index contributed by atoms with van der Waals surface area (Å²) in [7, 11) is 0. The first kappa shape index (κ1) is 19.8. The fourth-order valence-corrected chi connectivity index (χ4v) is 3.60. The van der Waals surface area contributed by atoms with E-state index in [9.17, 15) is 14.0 Å². The van der Waals surface area contributed by atoms with E-state index in [0.29, 0.717) is 38.4 Å². The zero-order valence-corrected chi connectivity index (χ0v) is 16.0. The van der Waals surface area contributed by atoms with Crippen LogP contribution in [0.25, 0.3) is 0 Å². The third kappa shape index (κ3) is 6.01. The van der Waals surface area contributed by atoms with Crippen molar-refractivity contribution in [1.82, 2.24) is 14.7 Å². The van der Waals surface area contributed by atoms with Crippen LogP contribution in [0.2, 0.25) is 0 Å². The molecule has 2 aliphatic heterocycles. The highest BCUT2D eigenvalue weighted by atomic mass is 19.1. The van der Waals surface area contributed by atoms with Gasteiger partial charge < -0.3 is 10.2 Å². The number of carbonyl (C=O) groups is 2. The number of carbonyl (C=O) groups excluding carboxylic acids is 2. The molecular weight excluding hydrogens is 347 g/mol. The summed E-state index contributed by atoms with van der Waals surface area (Å²) in [5, 5.41) is 2.77. The van der Waals surface area contributed by atoms with Crippen molar-refractivity contribution in [3.63, 3.8) is 0 Å². The second-order valence-electron chi connectivity index (χ2n) is 7.67. The number of halogens is 1. The van der Waals surface area contributed by atoms with E-state index < -0.39 is 0 Å². The molecule has 27 heavy (non-hydrogen) atoms. The van der Waals surface area contributed by atoms with Gasteiger partial charge in [-0.05, 0) is 56.1 Å². The number of rotatable bonds is 5. The van der Waals surface area contributed by atoms with Crippen LogP contribution in [0.4, 0.5) is 10.1 Å². The molecule has 0 saturated carbocycles. The number of piperidine rings is 1. The Morgan fingerprint density at radius 3 is 2.19 bits per heavy atom. The topological polar surface area (TPSA) is 55.9 Å². The Morgan fingerprint density at radius 1 is 0.963 bits per heavy atom. The number of hydrogen-bond acceptors (Lipinski definition) is 4. The average Bonchev–Trinajstić information content (AvgIpc) is 2.66. The van der Waals surface area contributed by atoms with Gasteiger partial charge in [0.1, 0.15) is 5.82 Å². The Balaban J connectivity index is 1.37. The van der Waals surface area contributed by atoms with Crippen LogP contribution < -0.4 is 5.32 Å². The van der Waals surface area contributed by atoms with Crippen molar-refractivity contribution in [1.29, 1.82) is 0 Å². The largest absolute Gasteiger partial charge is 0.339 e. The summed E-state index contributed by atoms with van der Waals surface area (Å²) in [6.45, 7) is 7.79. The molecule has 1 N–H and O–H groups in total. The van der Waals surface area contributed by atoms with Gasteiger partial charge in [-0.25, -0.2) is 4.39 Å². The van der Waals surface area contributed by atoms with Gasteiger partial charge >= 0.3 is 0 Å². The summed E-state index contributed by atoms with van der Waals surface area (Å²) in [5.41, 5.74) is 0.589. The van der Waals surface area contributed by atoms with E-state index in [1.807, 2.05) is 9.80 Å². The lowest BCUT2D eigenvalue weighted by molar-refractivity contribution is -0.134. The number of amides is 2. The van der Waals surface area contributed by atoms with Gasteiger partial charge in [0.15, 0.2) is 0 Å². The second-order valence-corrected chi connectivity index (χ2v) is 7.67. The van der Waals surface area contributed by atoms with Crippen molar-refractivity contribution in [2.24, 2.45) is 5.92 Å². The van der Waals surface area contributed by atoms with E-state index in [1.54, 1.807) is 12.1 Å². The molecule has 1 aromatic rings. The van der Waals surface area contributed by atoms with Gasteiger partial charge in [0.25, 0.3) is 0 Å². The van der Waals surface area contributed by atoms with E-state index in [2.05, 4.69) is 17.1 Å². The van der Waals surface area contributed by atoms with Crippen LogP contribution in [-0.4, -0.2) is 78.9 Å². The fourth-order valence-electron chi connectivity index (χ4n) is 3.60. The van der Waals surface area contributed by atoms with Crippen LogP contribution in [-0.2, 0) is 9.59 Å². The first-order valence-electron chi connectivity index (χ1n) is 9.77. The number of anilines is 1. The summed E-state index contributed by atoms with van der Waals surface area (Å²) >= 11 is 0. The monoisotopic (exact) mass is 376 g/mol. The minimum Gasteiger partial charge on any atom is -0.339 e. The lowest BCUT2D eigenvalue weighted by atomic mass is 9.99. The molecule has 2 heterocycles. The molecule has 2 aliphatic rings. The highest BCUT2D eigenvalue weighted by Crippen LogP contribution is 2.16. The first-order chi connectivity index (χ1) is 13.0. The summed E-state index contributed by atoms with van der Waals surface area (Å²) in [6.07, 6.45) is 2.34. The molecule has 0 unspecified atom stereocenters. The van der Waals surface area contributed by atoms with Gasteiger partial charge in [-0.2, -0.15) is 0 Å². The number of nitrogens with zero attached hydrogens (tertiary/aromatic N) is 3. The molecule has 0 spiro atoms. The van der Waals surface area contributed by atoms with Gasteiger partial charge in [-0.1, -0.05) is 6.92 Å². The number of hydrogen-bond donors (Lipinski definition) is 1. The summed E-state index contributed by atoms with van der Waals surface area (Å²) < 4.78 is 12.9. The molecular formula is C20H29FN4O2. The normalized spacial score (nSPS) is 19.9. The Hall–Kier alpha value is -1.99. The molecule has 6 nitrogen and oxygen atoms in total. The Morgan fingerprint density at radius 2 is 1.56 bits per heavy atom. The van der Waals surface area contributed by atoms with Gasteiger partial charge in [-0.15, -0.1) is 0 Å². The first-order valence-corrected chi connectivity index (χ1v) is 9.77. The standard InChI is InChI=1S/C20H29FN4O2/c1-16-6-8-23(9-7-16)15-20(27)25-12-10-24(11-13-25)14-19(26)22-18-4-2-17(21)3-5-18/h2-5,16H,6-15H2,1H3,(H,22,26). The smallest absolute Gasteiger partial charge is 0.238 e. The second kappa shape index (κ2) is 9.28. The SMILES string of the molecule is CC1CCN(CC(=O)N2CCN(CC(=O)Nc3ccc(F)cc3)CC2)CC1. The molecule has 0 aliphatic carbocycles. The van der Waals surface area contributed by atoms with E-state index in [0.717, 1.165) is 19.0 Å². The third-order valence-electron chi connectivity index (χ3n) is 5.46. The zero-order valence-electron chi connectivity index (χ0n) is 16.0. The fraction of sp³-hybridized carbons (Fsp3) is 0.600. The molecule has 3 rings (SSSR count). The lowest BCUT2D eigenvalue weighted by Gasteiger charge is -2.36. The molecule has 148 valence electrons. The van der Waals surface area contributed by atoms with E-state index in [4.69, 9.17) is 0 Å². The number of likely N-dealkylation sites (tertiary alicyclic amines) is 1. The minimum absolute atomic E-state index is 0.121. The van der Waals surface area contributed by atoms with Gasteiger partial charge in [0.05, 0.1) is 13.1 Å². The number of piperazine rings is 1. The van der Waals surface area contributed by atoms with Crippen LogP contribution >= 0.6 is 0 Å². The molecule has 2 fully saturated rings. The van der Waals surface area contributed by atoms with Crippen molar-refractivity contribution in [2.45, 2.75) is 19.8 Å². The molecule has 0 atom stereocenters. The van der Waals surface area contributed by atoms with Crippen molar-refractivity contribution in [3.05, 3.63) is 30.1 Å². The van der Waals surface area contributed by atoms with Crippen LogP contribution in [0, 0.1) is 11.7 Å². The predicted octanol–water partition coefficient (Wildman–Crippen LogP) is 1.64. The van der Waals surface area contributed by atoms with Crippen LogP contribution in [0.3, 0.4) is 0 Å². The number of nitrogens with one attached hydrogen (secondary N) is 1. The Bertz CT molecular complexity index is 636. The van der Waals surface area contributed by atoms with Gasteiger partial charge in [0.2, 0.25) is 11.8 Å².